The van der Waals surface area contributed by atoms with Crippen molar-refractivity contribution in [2.45, 2.75) is 6.42 Å². The van der Waals surface area contributed by atoms with Gasteiger partial charge in [0.1, 0.15) is 0 Å². The molecule has 2 aromatic rings. The SMILES string of the molecule is O=C(O)C1CCN(C(=O)c2cccc3ccc(=O)[nH]c23)C1. The summed E-state index contributed by atoms with van der Waals surface area (Å²) in [5.41, 5.74) is 0.623. The Morgan fingerprint density at radius 2 is 2.05 bits per heavy atom. The Morgan fingerprint density at radius 3 is 2.76 bits per heavy atom. The average Bonchev–Trinajstić information content (AvgIpc) is 2.96. The number of aliphatic carboxylic acids is 1. The van der Waals surface area contributed by atoms with E-state index < -0.39 is 11.9 Å². The summed E-state index contributed by atoms with van der Waals surface area (Å²) in [6.07, 6.45) is 0.461. The van der Waals surface area contributed by atoms with Gasteiger partial charge in [0.2, 0.25) is 5.56 Å². The first-order valence-electron chi connectivity index (χ1n) is 6.70. The topological polar surface area (TPSA) is 90.5 Å². The molecule has 1 aliphatic rings. The molecular weight excluding hydrogens is 272 g/mol. The molecule has 108 valence electrons. The Balaban J connectivity index is 1.97. The van der Waals surface area contributed by atoms with Crippen LogP contribution in [0.5, 0.6) is 0 Å². The van der Waals surface area contributed by atoms with Crippen LogP contribution in [0.25, 0.3) is 10.9 Å². The average molecular weight is 286 g/mol. The lowest BCUT2D eigenvalue weighted by atomic mass is 10.1. The van der Waals surface area contributed by atoms with Crippen molar-refractivity contribution in [1.82, 2.24) is 9.88 Å². The maximum atomic E-state index is 12.6. The van der Waals surface area contributed by atoms with Gasteiger partial charge in [-0.25, -0.2) is 0 Å². The number of benzene rings is 1. The number of para-hydroxylation sites is 1. The molecule has 6 heteroatoms. The van der Waals surface area contributed by atoms with Crippen molar-refractivity contribution < 1.29 is 14.7 Å². The molecule has 0 bridgehead atoms. The number of hydrogen-bond donors (Lipinski definition) is 2. The highest BCUT2D eigenvalue weighted by Crippen LogP contribution is 2.22. The van der Waals surface area contributed by atoms with Crippen LogP contribution in [-0.2, 0) is 4.79 Å². The van der Waals surface area contributed by atoms with Gasteiger partial charge in [0, 0.05) is 19.2 Å². The number of rotatable bonds is 2. The highest BCUT2D eigenvalue weighted by Gasteiger charge is 2.31. The van der Waals surface area contributed by atoms with Crippen LogP contribution in [0.3, 0.4) is 0 Å². The minimum absolute atomic E-state index is 0.210. The van der Waals surface area contributed by atoms with Gasteiger partial charge in [-0.15, -0.1) is 0 Å². The number of amides is 1. The van der Waals surface area contributed by atoms with Crippen molar-refractivity contribution in [2.24, 2.45) is 5.92 Å². The maximum Gasteiger partial charge on any atom is 0.308 e. The molecule has 0 spiro atoms. The Hall–Kier alpha value is -2.63. The van der Waals surface area contributed by atoms with Gasteiger partial charge in [0.05, 0.1) is 17.0 Å². The molecule has 21 heavy (non-hydrogen) atoms. The summed E-state index contributed by atoms with van der Waals surface area (Å²) in [6, 6.07) is 8.28. The van der Waals surface area contributed by atoms with Gasteiger partial charge in [-0.1, -0.05) is 12.1 Å². The van der Waals surface area contributed by atoms with Gasteiger partial charge in [0.25, 0.3) is 5.91 Å². The number of carboxylic acid groups (broad SMARTS) is 1. The standard InChI is InChI=1S/C15H14N2O4/c18-12-5-4-9-2-1-3-11(13(9)16-12)14(19)17-7-6-10(8-17)15(20)21/h1-5,10H,6-8H2,(H,16,18)(H,20,21). The lowest BCUT2D eigenvalue weighted by Crippen LogP contribution is -2.30. The second-order valence-corrected chi connectivity index (χ2v) is 5.17. The fourth-order valence-corrected chi connectivity index (χ4v) is 2.67. The monoisotopic (exact) mass is 286 g/mol. The number of likely N-dealkylation sites (tertiary alicyclic amines) is 1. The first-order valence-corrected chi connectivity index (χ1v) is 6.70. The molecule has 1 fully saturated rings. The molecule has 1 aliphatic heterocycles. The molecule has 2 N–H and O–H groups in total. The smallest absolute Gasteiger partial charge is 0.308 e. The van der Waals surface area contributed by atoms with E-state index >= 15 is 0 Å². The van der Waals surface area contributed by atoms with E-state index in [-0.39, 0.29) is 18.0 Å². The minimum Gasteiger partial charge on any atom is -0.481 e. The third-order valence-corrected chi connectivity index (χ3v) is 3.81. The summed E-state index contributed by atoms with van der Waals surface area (Å²) in [5.74, 6) is -1.63. The second-order valence-electron chi connectivity index (χ2n) is 5.17. The molecule has 1 saturated heterocycles. The molecular formula is C15H14N2O4. The number of nitrogens with one attached hydrogen (secondary N) is 1. The predicted octanol–water partition coefficient (Wildman–Crippen LogP) is 1.07. The molecule has 6 nitrogen and oxygen atoms in total. The summed E-state index contributed by atoms with van der Waals surface area (Å²) in [4.78, 5) is 39.2. The second kappa shape index (κ2) is 5.05. The summed E-state index contributed by atoms with van der Waals surface area (Å²) < 4.78 is 0. The van der Waals surface area contributed by atoms with Gasteiger partial charge in [-0.05, 0) is 23.9 Å². The van der Waals surface area contributed by atoms with Crippen molar-refractivity contribution in [1.29, 1.82) is 0 Å². The number of aromatic nitrogens is 1. The van der Waals surface area contributed by atoms with Gasteiger partial charge >= 0.3 is 5.97 Å². The summed E-state index contributed by atoms with van der Waals surface area (Å²) in [7, 11) is 0. The lowest BCUT2D eigenvalue weighted by Gasteiger charge is -2.16. The summed E-state index contributed by atoms with van der Waals surface area (Å²) in [5, 5.41) is 9.78. The third-order valence-electron chi connectivity index (χ3n) is 3.81. The summed E-state index contributed by atoms with van der Waals surface area (Å²) >= 11 is 0. The van der Waals surface area contributed by atoms with Gasteiger partial charge in [0.15, 0.2) is 0 Å². The Labute approximate surface area is 120 Å². The minimum atomic E-state index is -0.878. The molecule has 2 heterocycles. The molecule has 1 atom stereocenters. The normalized spacial score (nSPS) is 18.1. The van der Waals surface area contributed by atoms with Crippen LogP contribution in [0.1, 0.15) is 16.8 Å². The fourth-order valence-electron chi connectivity index (χ4n) is 2.67. The van der Waals surface area contributed by atoms with Gasteiger partial charge in [-0.2, -0.15) is 0 Å². The van der Waals surface area contributed by atoms with Crippen molar-refractivity contribution in [2.75, 3.05) is 13.1 Å². The maximum absolute atomic E-state index is 12.6. The van der Waals surface area contributed by atoms with E-state index in [1.54, 1.807) is 18.2 Å². The van der Waals surface area contributed by atoms with Gasteiger partial charge in [-0.3, -0.25) is 14.4 Å². The molecule has 1 aromatic carbocycles. The van der Waals surface area contributed by atoms with Crippen molar-refractivity contribution in [3.8, 4) is 0 Å². The largest absolute Gasteiger partial charge is 0.481 e. The number of fused-ring (bicyclic) bond motifs is 1. The number of carbonyl (C=O) groups excluding carboxylic acids is 1. The lowest BCUT2D eigenvalue weighted by molar-refractivity contribution is -0.141. The molecule has 0 saturated carbocycles. The highest BCUT2D eigenvalue weighted by atomic mass is 16.4. The molecule has 1 unspecified atom stereocenters. The van der Waals surface area contributed by atoms with E-state index in [2.05, 4.69) is 4.98 Å². The van der Waals surface area contributed by atoms with E-state index in [9.17, 15) is 14.4 Å². The van der Waals surface area contributed by atoms with Crippen LogP contribution in [0, 0.1) is 5.92 Å². The molecule has 0 radical (unpaired) electrons. The third kappa shape index (κ3) is 2.40. The van der Waals surface area contributed by atoms with Gasteiger partial charge < -0.3 is 15.0 Å². The van der Waals surface area contributed by atoms with Crippen LogP contribution in [0.4, 0.5) is 0 Å². The number of carbonyl (C=O) groups is 2. The van der Waals surface area contributed by atoms with Crippen LogP contribution in [0.2, 0.25) is 0 Å². The number of H-pyrrole nitrogens is 1. The summed E-state index contributed by atoms with van der Waals surface area (Å²) in [6.45, 7) is 0.630. The molecule has 0 aliphatic carbocycles. The zero-order valence-electron chi connectivity index (χ0n) is 11.2. The van der Waals surface area contributed by atoms with E-state index in [1.807, 2.05) is 6.07 Å². The van der Waals surface area contributed by atoms with E-state index in [4.69, 9.17) is 5.11 Å². The Kier molecular flexibility index (Phi) is 3.21. The van der Waals surface area contributed by atoms with Crippen LogP contribution >= 0.6 is 0 Å². The fraction of sp³-hybridized carbons (Fsp3) is 0.267. The zero-order valence-corrected chi connectivity index (χ0v) is 11.2. The predicted molar refractivity (Wildman–Crippen MR) is 76.2 cm³/mol. The van der Waals surface area contributed by atoms with E-state index in [0.29, 0.717) is 24.0 Å². The molecule has 1 amide bonds. The Bertz CT molecular complexity index is 781. The molecule has 3 rings (SSSR count). The first kappa shape index (κ1) is 13.4. The number of carboxylic acids is 1. The number of aromatic amines is 1. The number of pyridine rings is 1. The first-order chi connectivity index (χ1) is 10.1. The Morgan fingerprint density at radius 1 is 1.24 bits per heavy atom. The number of hydrogen-bond acceptors (Lipinski definition) is 3. The zero-order chi connectivity index (χ0) is 15.0. The van der Waals surface area contributed by atoms with E-state index in [1.165, 1.54) is 11.0 Å². The number of nitrogens with zero attached hydrogens (tertiary/aromatic N) is 1. The van der Waals surface area contributed by atoms with Crippen molar-refractivity contribution >= 4 is 22.8 Å². The van der Waals surface area contributed by atoms with Crippen molar-refractivity contribution in [3.05, 3.63) is 46.2 Å². The quantitative estimate of drug-likeness (QED) is 0.864. The highest BCUT2D eigenvalue weighted by molar-refractivity contribution is 6.05. The van der Waals surface area contributed by atoms with E-state index in [0.717, 1.165) is 5.39 Å². The van der Waals surface area contributed by atoms with Crippen molar-refractivity contribution in [3.63, 3.8) is 0 Å². The molecule has 1 aromatic heterocycles. The van der Waals surface area contributed by atoms with Crippen LogP contribution in [0.15, 0.2) is 35.1 Å². The van der Waals surface area contributed by atoms with Crippen LogP contribution in [-0.4, -0.2) is 40.0 Å². The van der Waals surface area contributed by atoms with Crippen LogP contribution < -0.4 is 5.56 Å².